The van der Waals surface area contributed by atoms with Crippen LogP contribution >= 0.6 is 0 Å². The number of hydrogen-bond donors (Lipinski definition) is 1. The van der Waals surface area contributed by atoms with Gasteiger partial charge in [0.15, 0.2) is 0 Å². The average molecular weight is 242 g/mol. The number of carbonyl (C=O) groups is 2. The summed E-state index contributed by atoms with van der Waals surface area (Å²) in [5.74, 6) is 0.0813. The summed E-state index contributed by atoms with van der Waals surface area (Å²) in [5, 5.41) is 2.69. The minimum absolute atomic E-state index is 0.126. The van der Waals surface area contributed by atoms with Gasteiger partial charge in [0.2, 0.25) is 5.91 Å². The number of rotatable bonds is 4. The van der Waals surface area contributed by atoms with Crippen LogP contribution < -0.4 is 5.32 Å². The molecule has 1 saturated heterocycles. The van der Waals surface area contributed by atoms with E-state index in [1.165, 1.54) is 7.11 Å². The van der Waals surface area contributed by atoms with E-state index in [9.17, 15) is 9.59 Å². The van der Waals surface area contributed by atoms with Crippen LogP contribution in [0.25, 0.3) is 0 Å². The second-order valence-corrected chi connectivity index (χ2v) is 4.55. The fraction of sp³-hybridized carbons (Fsp3) is 0.833. The van der Waals surface area contributed by atoms with Gasteiger partial charge in [0, 0.05) is 19.0 Å². The van der Waals surface area contributed by atoms with Crippen molar-refractivity contribution in [2.75, 3.05) is 27.2 Å². The molecule has 1 amide bonds. The Hall–Kier alpha value is -1.10. The fourth-order valence-corrected chi connectivity index (χ4v) is 2.26. The lowest BCUT2D eigenvalue weighted by Gasteiger charge is -2.34. The molecular weight excluding hydrogens is 220 g/mol. The van der Waals surface area contributed by atoms with Crippen molar-refractivity contribution in [1.82, 2.24) is 10.2 Å². The first kappa shape index (κ1) is 14.0. The maximum absolute atomic E-state index is 11.5. The zero-order valence-electron chi connectivity index (χ0n) is 10.9. The maximum Gasteiger partial charge on any atom is 0.307 e. The highest BCUT2D eigenvalue weighted by Gasteiger charge is 2.27. The summed E-state index contributed by atoms with van der Waals surface area (Å²) in [6, 6.07) is 0.188. The maximum atomic E-state index is 11.5. The highest BCUT2D eigenvalue weighted by atomic mass is 16.5. The number of carbonyl (C=O) groups excluding carboxylic acids is 2. The molecule has 1 N–H and O–H groups in total. The van der Waals surface area contributed by atoms with Gasteiger partial charge in [0.25, 0.3) is 0 Å². The van der Waals surface area contributed by atoms with E-state index in [4.69, 9.17) is 0 Å². The van der Waals surface area contributed by atoms with Crippen LogP contribution in [-0.2, 0) is 14.3 Å². The minimum Gasteiger partial charge on any atom is -0.469 e. The van der Waals surface area contributed by atoms with Gasteiger partial charge in [-0.25, -0.2) is 0 Å². The van der Waals surface area contributed by atoms with E-state index in [0.717, 1.165) is 25.9 Å². The molecule has 98 valence electrons. The van der Waals surface area contributed by atoms with Crippen LogP contribution in [0.2, 0.25) is 0 Å². The molecule has 1 aliphatic heterocycles. The molecule has 1 atom stereocenters. The lowest BCUT2D eigenvalue weighted by atomic mass is 9.95. The molecule has 0 radical (unpaired) electrons. The molecule has 0 saturated carbocycles. The van der Waals surface area contributed by atoms with E-state index in [-0.39, 0.29) is 23.8 Å². The standard InChI is InChI=1S/C12H22N2O3/c1-9(8-11(15)17-3)14-6-4-10(5-7-14)12(16)13-2/h9-10H,4-8H2,1-3H3,(H,13,16). The predicted octanol–water partition coefficient (Wildman–Crippen LogP) is 0.396. The number of piperidine rings is 1. The van der Waals surface area contributed by atoms with Crippen LogP contribution in [0, 0.1) is 5.92 Å². The van der Waals surface area contributed by atoms with Crippen LogP contribution in [0.5, 0.6) is 0 Å². The van der Waals surface area contributed by atoms with Gasteiger partial charge < -0.3 is 15.0 Å². The first-order valence-corrected chi connectivity index (χ1v) is 6.11. The van der Waals surface area contributed by atoms with Gasteiger partial charge in [-0.05, 0) is 32.9 Å². The predicted molar refractivity (Wildman–Crippen MR) is 64.5 cm³/mol. The van der Waals surface area contributed by atoms with Crippen molar-refractivity contribution < 1.29 is 14.3 Å². The number of esters is 1. The number of methoxy groups -OCH3 is 1. The van der Waals surface area contributed by atoms with Gasteiger partial charge in [-0.15, -0.1) is 0 Å². The minimum atomic E-state index is -0.175. The number of hydrogen-bond acceptors (Lipinski definition) is 4. The molecular formula is C12H22N2O3. The van der Waals surface area contributed by atoms with Crippen molar-refractivity contribution in [3.8, 4) is 0 Å². The molecule has 1 aliphatic rings. The van der Waals surface area contributed by atoms with E-state index in [1.54, 1.807) is 7.05 Å². The van der Waals surface area contributed by atoms with Crippen molar-refractivity contribution in [2.24, 2.45) is 5.92 Å². The van der Waals surface area contributed by atoms with Crippen LogP contribution in [0.3, 0.4) is 0 Å². The van der Waals surface area contributed by atoms with Crippen molar-refractivity contribution >= 4 is 11.9 Å². The van der Waals surface area contributed by atoms with Gasteiger partial charge >= 0.3 is 5.97 Å². The summed E-state index contributed by atoms with van der Waals surface area (Å²) in [4.78, 5) is 24.9. The molecule has 0 bridgehead atoms. The lowest BCUT2D eigenvalue weighted by Crippen LogP contribution is -2.44. The molecule has 1 heterocycles. The summed E-state index contributed by atoms with van der Waals surface area (Å²) >= 11 is 0. The zero-order valence-corrected chi connectivity index (χ0v) is 10.9. The van der Waals surface area contributed by atoms with Crippen molar-refractivity contribution in [3.63, 3.8) is 0 Å². The second kappa shape index (κ2) is 6.59. The van der Waals surface area contributed by atoms with E-state index in [0.29, 0.717) is 6.42 Å². The normalized spacial score (nSPS) is 19.7. The molecule has 0 aromatic heterocycles. The molecule has 17 heavy (non-hydrogen) atoms. The summed E-state index contributed by atoms with van der Waals surface area (Å²) < 4.78 is 4.66. The molecule has 0 aromatic carbocycles. The third kappa shape index (κ3) is 4.00. The Morgan fingerprint density at radius 2 is 2.00 bits per heavy atom. The first-order valence-electron chi connectivity index (χ1n) is 6.11. The summed E-state index contributed by atoms with van der Waals surface area (Å²) in [6.07, 6.45) is 2.15. The van der Waals surface area contributed by atoms with Crippen LogP contribution in [0.4, 0.5) is 0 Å². The molecule has 1 unspecified atom stereocenters. The summed E-state index contributed by atoms with van der Waals surface area (Å²) in [5.41, 5.74) is 0. The van der Waals surface area contributed by atoms with E-state index in [2.05, 4.69) is 15.0 Å². The first-order chi connectivity index (χ1) is 8.08. The number of nitrogens with zero attached hydrogens (tertiary/aromatic N) is 1. The number of ether oxygens (including phenoxy) is 1. The summed E-state index contributed by atoms with van der Waals surface area (Å²) in [6.45, 7) is 3.77. The SMILES string of the molecule is CNC(=O)C1CCN(C(C)CC(=O)OC)CC1. The van der Waals surface area contributed by atoms with Gasteiger partial charge in [-0.1, -0.05) is 0 Å². The van der Waals surface area contributed by atoms with E-state index >= 15 is 0 Å². The molecule has 5 heteroatoms. The molecule has 1 rings (SSSR count). The number of likely N-dealkylation sites (tertiary alicyclic amines) is 1. The third-order valence-electron chi connectivity index (χ3n) is 3.46. The Bertz CT molecular complexity index is 273. The summed E-state index contributed by atoms with van der Waals surface area (Å²) in [7, 11) is 3.08. The van der Waals surface area contributed by atoms with Crippen molar-refractivity contribution in [2.45, 2.75) is 32.2 Å². The van der Waals surface area contributed by atoms with Crippen molar-refractivity contribution in [3.05, 3.63) is 0 Å². The fourth-order valence-electron chi connectivity index (χ4n) is 2.26. The molecule has 5 nitrogen and oxygen atoms in total. The third-order valence-corrected chi connectivity index (χ3v) is 3.46. The topological polar surface area (TPSA) is 58.6 Å². The Labute approximate surface area is 102 Å². The van der Waals surface area contributed by atoms with Crippen LogP contribution in [0.15, 0.2) is 0 Å². The van der Waals surface area contributed by atoms with Crippen LogP contribution in [-0.4, -0.2) is 50.1 Å². The monoisotopic (exact) mass is 242 g/mol. The largest absolute Gasteiger partial charge is 0.469 e. The quantitative estimate of drug-likeness (QED) is 0.725. The lowest BCUT2D eigenvalue weighted by molar-refractivity contribution is -0.142. The Morgan fingerprint density at radius 3 is 2.47 bits per heavy atom. The smallest absolute Gasteiger partial charge is 0.307 e. The highest BCUT2D eigenvalue weighted by molar-refractivity contribution is 5.78. The highest BCUT2D eigenvalue weighted by Crippen LogP contribution is 2.20. The Kier molecular flexibility index (Phi) is 5.41. The molecule has 0 aliphatic carbocycles. The molecule has 0 aromatic rings. The van der Waals surface area contributed by atoms with E-state index < -0.39 is 0 Å². The molecule has 1 fully saturated rings. The Morgan fingerprint density at radius 1 is 1.41 bits per heavy atom. The van der Waals surface area contributed by atoms with Gasteiger partial charge in [-0.2, -0.15) is 0 Å². The van der Waals surface area contributed by atoms with Gasteiger partial charge in [-0.3, -0.25) is 9.59 Å². The van der Waals surface area contributed by atoms with Gasteiger partial charge in [0.05, 0.1) is 13.5 Å². The molecule has 0 spiro atoms. The average Bonchev–Trinajstić information content (AvgIpc) is 2.37. The number of nitrogens with one attached hydrogen (secondary N) is 1. The second-order valence-electron chi connectivity index (χ2n) is 4.55. The van der Waals surface area contributed by atoms with Crippen molar-refractivity contribution in [1.29, 1.82) is 0 Å². The Balaban J connectivity index is 2.36. The van der Waals surface area contributed by atoms with Gasteiger partial charge in [0.1, 0.15) is 0 Å². The zero-order chi connectivity index (χ0) is 12.8. The number of amides is 1. The van der Waals surface area contributed by atoms with Crippen LogP contribution in [0.1, 0.15) is 26.2 Å². The van der Waals surface area contributed by atoms with E-state index in [1.807, 2.05) is 6.92 Å².